The van der Waals surface area contributed by atoms with Gasteiger partial charge in [-0.2, -0.15) is 18.2 Å². The number of hydrogen-bond acceptors (Lipinski definition) is 5. The summed E-state index contributed by atoms with van der Waals surface area (Å²) in [4.78, 5) is 8.01. The molecule has 2 N–H and O–H groups in total. The number of aromatic nitrogens is 2. The summed E-state index contributed by atoms with van der Waals surface area (Å²) in [5.74, 6) is 0.249. The zero-order valence-electron chi connectivity index (χ0n) is 17.7. The topological polar surface area (TPSA) is 59.1 Å². The van der Waals surface area contributed by atoms with Crippen LogP contribution in [0.5, 0.6) is 5.75 Å². The molecule has 1 aliphatic carbocycles. The van der Waals surface area contributed by atoms with E-state index in [9.17, 15) is 13.2 Å². The number of ether oxygens (including phenoxy) is 1. The van der Waals surface area contributed by atoms with E-state index >= 15 is 0 Å². The highest BCUT2D eigenvalue weighted by molar-refractivity contribution is 5.67. The molecule has 5 nitrogen and oxygen atoms in total. The van der Waals surface area contributed by atoms with Crippen LogP contribution in [-0.2, 0) is 6.18 Å². The lowest BCUT2D eigenvalue weighted by Crippen LogP contribution is -2.20. The maximum atomic E-state index is 13.7. The molecule has 1 aromatic heterocycles. The molecular weight excluding hydrogens is 417 g/mol. The van der Waals surface area contributed by atoms with Gasteiger partial charge in [0.25, 0.3) is 0 Å². The van der Waals surface area contributed by atoms with Gasteiger partial charge in [-0.15, -0.1) is 0 Å². The Hall–Kier alpha value is -3.29. The predicted octanol–water partition coefficient (Wildman–Crippen LogP) is 7.00. The predicted molar refractivity (Wildman–Crippen MR) is 119 cm³/mol. The van der Waals surface area contributed by atoms with Crippen molar-refractivity contribution < 1.29 is 17.9 Å². The van der Waals surface area contributed by atoms with Crippen molar-refractivity contribution in [2.45, 2.75) is 51.3 Å². The molecule has 2 aromatic carbocycles. The molecule has 0 aliphatic heterocycles. The molecule has 0 amide bonds. The normalized spacial score (nSPS) is 14.8. The van der Waals surface area contributed by atoms with Crippen molar-refractivity contribution in [2.75, 3.05) is 10.6 Å². The highest BCUT2D eigenvalue weighted by Crippen LogP contribution is 2.37. The third kappa shape index (κ3) is 5.49. The molecule has 1 heterocycles. The van der Waals surface area contributed by atoms with E-state index in [4.69, 9.17) is 4.74 Å². The average molecular weight is 442 g/mol. The number of halogens is 3. The van der Waals surface area contributed by atoms with Crippen LogP contribution in [0.2, 0.25) is 0 Å². The SMILES string of the molecule is Cc1cccc(Nc2ncc(C(F)(F)F)c(Nc3ccccc3OC3CCCCC3)n2)c1. The number of nitrogens with one attached hydrogen (secondary N) is 2. The first-order valence-corrected chi connectivity index (χ1v) is 10.7. The number of alkyl halides is 3. The number of para-hydroxylation sites is 2. The van der Waals surface area contributed by atoms with Crippen LogP contribution in [0.25, 0.3) is 0 Å². The van der Waals surface area contributed by atoms with E-state index in [0.29, 0.717) is 17.1 Å². The quantitative estimate of drug-likeness (QED) is 0.430. The van der Waals surface area contributed by atoms with E-state index in [1.807, 2.05) is 25.1 Å². The summed E-state index contributed by atoms with van der Waals surface area (Å²) in [5.41, 5.74) is 1.19. The molecule has 0 unspecified atom stereocenters. The molecule has 0 saturated heterocycles. The van der Waals surface area contributed by atoms with Crippen LogP contribution < -0.4 is 15.4 Å². The first-order chi connectivity index (χ1) is 15.4. The fourth-order valence-electron chi connectivity index (χ4n) is 3.76. The molecular formula is C24H25F3N4O. The second-order valence-electron chi connectivity index (χ2n) is 7.95. The van der Waals surface area contributed by atoms with Crippen LogP contribution in [-0.4, -0.2) is 16.1 Å². The summed E-state index contributed by atoms with van der Waals surface area (Å²) in [6, 6.07) is 14.4. The van der Waals surface area contributed by atoms with Gasteiger partial charge in [0.05, 0.1) is 11.8 Å². The molecule has 32 heavy (non-hydrogen) atoms. The third-order valence-electron chi connectivity index (χ3n) is 5.35. The molecule has 0 radical (unpaired) electrons. The second-order valence-corrected chi connectivity index (χ2v) is 7.95. The molecule has 168 valence electrons. The lowest BCUT2D eigenvalue weighted by Gasteiger charge is -2.24. The Morgan fingerprint density at radius 2 is 1.75 bits per heavy atom. The molecule has 4 rings (SSSR count). The summed E-state index contributed by atoms with van der Waals surface area (Å²) in [5, 5.41) is 5.81. The third-order valence-corrected chi connectivity index (χ3v) is 5.35. The molecule has 1 saturated carbocycles. The smallest absolute Gasteiger partial charge is 0.421 e. The molecule has 8 heteroatoms. The maximum Gasteiger partial charge on any atom is 0.421 e. The highest BCUT2D eigenvalue weighted by Gasteiger charge is 2.35. The average Bonchev–Trinajstić information content (AvgIpc) is 2.75. The Morgan fingerprint density at radius 3 is 2.50 bits per heavy atom. The summed E-state index contributed by atoms with van der Waals surface area (Å²) < 4.78 is 47.1. The summed E-state index contributed by atoms with van der Waals surface area (Å²) in [6.07, 6.45) is 1.52. The highest BCUT2D eigenvalue weighted by atomic mass is 19.4. The number of hydrogen-bond donors (Lipinski definition) is 2. The van der Waals surface area contributed by atoms with E-state index < -0.39 is 11.7 Å². The van der Waals surface area contributed by atoms with Crippen LogP contribution in [0.1, 0.15) is 43.2 Å². The first kappa shape index (κ1) is 21.9. The van der Waals surface area contributed by atoms with Gasteiger partial charge in [0, 0.05) is 11.9 Å². The van der Waals surface area contributed by atoms with Gasteiger partial charge in [0.2, 0.25) is 5.95 Å². The van der Waals surface area contributed by atoms with Crippen molar-refractivity contribution in [1.82, 2.24) is 9.97 Å². The zero-order chi connectivity index (χ0) is 22.6. The van der Waals surface area contributed by atoms with E-state index in [-0.39, 0.29) is 17.9 Å². The fourth-order valence-corrected chi connectivity index (χ4v) is 3.76. The van der Waals surface area contributed by atoms with Crippen molar-refractivity contribution in [1.29, 1.82) is 0 Å². The van der Waals surface area contributed by atoms with Crippen LogP contribution in [0, 0.1) is 6.92 Å². The van der Waals surface area contributed by atoms with E-state index in [1.54, 1.807) is 30.3 Å². The van der Waals surface area contributed by atoms with E-state index in [0.717, 1.165) is 37.4 Å². The Morgan fingerprint density at radius 1 is 0.969 bits per heavy atom. The number of rotatable bonds is 6. The van der Waals surface area contributed by atoms with Crippen LogP contribution in [0.15, 0.2) is 54.7 Å². The minimum atomic E-state index is -4.61. The number of aryl methyl sites for hydroxylation is 1. The van der Waals surface area contributed by atoms with Gasteiger partial charge in [-0.05, 0) is 62.4 Å². The van der Waals surface area contributed by atoms with E-state index in [1.165, 1.54) is 6.42 Å². The summed E-state index contributed by atoms with van der Waals surface area (Å²) in [6.45, 7) is 1.93. The Labute approximate surface area is 185 Å². The van der Waals surface area contributed by atoms with Gasteiger partial charge in [-0.3, -0.25) is 0 Å². The largest absolute Gasteiger partial charge is 0.488 e. The van der Waals surface area contributed by atoms with Gasteiger partial charge in [0.1, 0.15) is 17.1 Å². The van der Waals surface area contributed by atoms with Crippen molar-refractivity contribution >= 4 is 23.1 Å². The van der Waals surface area contributed by atoms with Crippen molar-refractivity contribution in [3.05, 3.63) is 65.9 Å². The lowest BCUT2D eigenvalue weighted by molar-refractivity contribution is -0.137. The molecule has 0 bridgehead atoms. The van der Waals surface area contributed by atoms with Gasteiger partial charge in [-0.25, -0.2) is 4.98 Å². The van der Waals surface area contributed by atoms with Gasteiger partial charge < -0.3 is 15.4 Å². The summed E-state index contributed by atoms with van der Waals surface area (Å²) >= 11 is 0. The second kappa shape index (κ2) is 9.46. The number of anilines is 4. The Balaban J connectivity index is 1.63. The minimum absolute atomic E-state index is 0.0665. The lowest BCUT2D eigenvalue weighted by atomic mass is 9.98. The number of nitrogens with zero attached hydrogens (tertiary/aromatic N) is 2. The Kier molecular flexibility index (Phi) is 6.48. The van der Waals surface area contributed by atoms with Gasteiger partial charge in [0.15, 0.2) is 0 Å². The molecule has 1 fully saturated rings. The van der Waals surface area contributed by atoms with Crippen molar-refractivity contribution in [3.63, 3.8) is 0 Å². The van der Waals surface area contributed by atoms with Crippen molar-refractivity contribution in [2.24, 2.45) is 0 Å². The maximum absolute atomic E-state index is 13.7. The molecule has 1 aliphatic rings. The monoisotopic (exact) mass is 442 g/mol. The van der Waals surface area contributed by atoms with Crippen LogP contribution in [0.3, 0.4) is 0 Å². The molecule has 0 atom stereocenters. The number of benzene rings is 2. The first-order valence-electron chi connectivity index (χ1n) is 10.7. The van der Waals surface area contributed by atoms with Gasteiger partial charge in [-0.1, -0.05) is 30.7 Å². The fraction of sp³-hybridized carbons (Fsp3) is 0.333. The molecule has 0 spiro atoms. The summed E-state index contributed by atoms with van der Waals surface area (Å²) in [7, 11) is 0. The minimum Gasteiger partial charge on any atom is -0.488 e. The molecule has 3 aromatic rings. The standard InChI is InChI=1S/C24H25F3N4O/c1-16-8-7-9-17(14-16)29-23-28-15-19(24(25,26)27)22(31-23)30-20-12-5-6-13-21(20)32-18-10-3-2-4-11-18/h5-9,12-15,18H,2-4,10-11H2,1H3,(H2,28,29,30,31). The van der Waals surface area contributed by atoms with Crippen molar-refractivity contribution in [3.8, 4) is 5.75 Å². The zero-order valence-corrected chi connectivity index (χ0v) is 17.7. The van der Waals surface area contributed by atoms with Crippen LogP contribution >= 0.6 is 0 Å². The Bertz CT molecular complexity index is 1070. The van der Waals surface area contributed by atoms with Crippen LogP contribution in [0.4, 0.5) is 36.3 Å². The van der Waals surface area contributed by atoms with Gasteiger partial charge >= 0.3 is 6.18 Å². The van der Waals surface area contributed by atoms with E-state index in [2.05, 4.69) is 20.6 Å².